The second kappa shape index (κ2) is 9.87. The zero-order valence-corrected chi connectivity index (χ0v) is 18.7. The van der Waals surface area contributed by atoms with Gasteiger partial charge in [0, 0.05) is 44.5 Å². The Bertz CT molecular complexity index is 1190. The lowest BCUT2D eigenvalue weighted by Crippen LogP contribution is -2.48. The van der Waals surface area contributed by atoms with Crippen molar-refractivity contribution in [2.24, 2.45) is 0 Å². The molecular formula is C23H23FN6O5. The number of rotatable bonds is 7. The fourth-order valence-electron chi connectivity index (χ4n) is 3.99. The van der Waals surface area contributed by atoms with Gasteiger partial charge >= 0.3 is 6.09 Å². The fourth-order valence-corrected chi connectivity index (χ4v) is 3.99. The van der Waals surface area contributed by atoms with Crippen LogP contribution in [0.4, 0.5) is 20.6 Å². The molecule has 4 heterocycles. The molecule has 2 amide bonds. The summed E-state index contributed by atoms with van der Waals surface area (Å²) < 4.78 is 30.4. The van der Waals surface area contributed by atoms with E-state index in [1.165, 1.54) is 23.3 Å². The van der Waals surface area contributed by atoms with Crippen molar-refractivity contribution in [1.29, 1.82) is 0 Å². The Kier molecular flexibility index (Phi) is 6.33. The quantitative estimate of drug-likeness (QED) is 0.510. The van der Waals surface area contributed by atoms with Gasteiger partial charge in [-0.2, -0.15) is 0 Å². The molecule has 3 aromatic rings. The van der Waals surface area contributed by atoms with Crippen LogP contribution >= 0.6 is 0 Å². The van der Waals surface area contributed by atoms with Gasteiger partial charge in [-0.15, -0.1) is 0 Å². The molecule has 182 valence electrons. The van der Waals surface area contributed by atoms with Crippen molar-refractivity contribution >= 4 is 29.5 Å². The van der Waals surface area contributed by atoms with Crippen molar-refractivity contribution in [1.82, 2.24) is 20.0 Å². The first-order valence-electron chi connectivity index (χ1n) is 11.1. The summed E-state index contributed by atoms with van der Waals surface area (Å²) in [6.07, 6.45) is 6.67. The summed E-state index contributed by atoms with van der Waals surface area (Å²) in [6.45, 7) is 2.25. The minimum atomic E-state index is -0.569. The number of hydrogen-bond acceptors (Lipinski definition) is 8. The number of H-pyrrole nitrogens is 1. The molecule has 2 saturated heterocycles. The van der Waals surface area contributed by atoms with Crippen LogP contribution in [0.1, 0.15) is 5.69 Å². The van der Waals surface area contributed by atoms with Crippen LogP contribution in [0.25, 0.3) is 6.08 Å². The molecule has 0 bridgehead atoms. The normalized spacial score (nSPS) is 18.4. The Morgan fingerprint density at radius 2 is 2.11 bits per heavy atom. The van der Waals surface area contributed by atoms with Gasteiger partial charge in [-0.3, -0.25) is 9.69 Å². The summed E-state index contributed by atoms with van der Waals surface area (Å²) in [7, 11) is 0. The van der Waals surface area contributed by atoms with E-state index in [0.717, 1.165) is 0 Å². The van der Waals surface area contributed by atoms with E-state index in [2.05, 4.69) is 15.1 Å². The average molecular weight is 482 g/mol. The van der Waals surface area contributed by atoms with Gasteiger partial charge in [0.1, 0.15) is 18.7 Å². The zero-order chi connectivity index (χ0) is 24.2. The van der Waals surface area contributed by atoms with E-state index < -0.39 is 18.0 Å². The first-order chi connectivity index (χ1) is 17.1. The lowest BCUT2D eigenvalue weighted by Gasteiger charge is -2.36. The van der Waals surface area contributed by atoms with Gasteiger partial charge in [0.05, 0.1) is 29.9 Å². The van der Waals surface area contributed by atoms with E-state index in [1.54, 1.807) is 41.7 Å². The molecule has 11 nitrogen and oxygen atoms in total. The molecule has 0 radical (unpaired) electrons. The van der Waals surface area contributed by atoms with Gasteiger partial charge in [-0.25, -0.2) is 14.2 Å². The summed E-state index contributed by atoms with van der Waals surface area (Å²) in [5.41, 5.74) is 1.50. The van der Waals surface area contributed by atoms with Crippen molar-refractivity contribution in [3.8, 4) is 5.88 Å². The third-order valence-electron chi connectivity index (χ3n) is 5.80. The number of nitrogens with zero attached hydrogens (tertiary/aromatic N) is 5. The number of halogens is 1. The number of imidazole rings is 1. The van der Waals surface area contributed by atoms with Crippen LogP contribution in [-0.2, 0) is 9.53 Å². The molecule has 12 heteroatoms. The molecule has 2 aliphatic rings. The van der Waals surface area contributed by atoms with E-state index in [1.807, 2.05) is 4.90 Å². The Balaban J connectivity index is 1.16. The summed E-state index contributed by atoms with van der Waals surface area (Å²) >= 11 is 0. The molecule has 0 saturated carbocycles. The molecule has 2 aromatic heterocycles. The molecule has 0 spiro atoms. The van der Waals surface area contributed by atoms with E-state index in [9.17, 15) is 9.59 Å². The number of aromatic amines is 1. The van der Waals surface area contributed by atoms with Gasteiger partial charge in [0.25, 0.3) is 5.88 Å². The highest BCUT2D eigenvalue weighted by Crippen LogP contribution is 2.29. The number of piperazine rings is 1. The van der Waals surface area contributed by atoms with Crippen LogP contribution < -0.4 is 14.5 Å². The number of cyclic esters (lactones) is 1. The predicted octanol–water partition coefficient (Wildman–Crippen LogP) is 2.30. The topological polar surface area (TPSA) is 117 Å². The first-order valence-corrected chi connectivity index (χ1v) is 11.1. The van der Waals surface area contributed by atoms with E-state index in [-0.39, 0.29) is 19.1 Å². The number of anilines is 2. The highest BCUT2D eigenvalue weighted by atomic mass is 19.1. The molecule has 35 heavy (non-hydrogen) atoms. The number of ether oxygens (including phenoxy) is 2. The van der Waals surface area contributed by atoms with Gasteiger partial charge < -0.3 is 28.8 Å². The maximum atomic E-state index is 15.0. The molecule has 1 unspecified atom stereocenters. The molecule has 1 aromatic carbocycles. The third-order valence-corrected chi connectivity index (χ3v) is 5.80. The number of nitrogens with one attached hydrogen (secondary N) is 1. The number of hydrogen-bond donors (Lipinski definition) is 1. The third kappa shape index (κ3) is 5.10. The van der Waals surface area contributed by atoms with Crippen LogP contribution in [0.15, 0.2) is 53.7 Å². The number of amides is 2. The standard InChI is InChI=1S/C23H23FN6O5/c24-19-11-17(30-13-18(35-23(30)32)14-33-21-5-10-34-27-21)2-3-20(19)28-6-8-29(9-7-28)22(31)4-1-16-12-25-15-26-16/h1-5,10-12,15,18H,6-9,13-14H2,(H,25,26)/b4-1+. The van der Waals surface area contributed by atoms with Crippen LogP contribution in [0.2, 0.25) is 0 Å². The first kappa shape index (κ1) is 22.4. The van der Waals surface area contributed by atoms with Crippen molar-refractivity contribution < 1.29 is 28.0 Å². The molecular weight excluding hydrogens is 459 g/mol. The zero-order valence-electron chi connectivity index (χ0n) is 18.7. The van der Waals surface area contributed by atoms with Crippen molar-refractivity contribution in [3.05, 3.63) is 60.6 Å². The van der Waals surface area contributed by atoms with Gasteiger partial charge in [-0.05, 0) is 29.4 Å². The SMILES string of the molecule is O=C(/C=C/c1c[nH]cn1)N1CCN(c2ccc(N3CC(COc4ccon4)OC3=O)cc2F)CC1. The fraction of sp³-hybridized carbons (Fsp3) is 0.304. The minimum absolute atomic E-state index is 0.106. The molecule has 0 aliphatic carbocycles. The van der Waals surface area contributed by atoms with Crippen LogP contribution in [0.5, 0.6) is 5.88 Å². The number of benzene rings is 1. The highest BCUT2D eigenvalue weighted by molar-refractivity contribution is 5.92. The maximum Gasteiger partial charge on any atom is 0.414 e. The monoisotopic (exact) mass is 482 g/mol. The number of carbonyl (C=O) groups is 2. The Morgan fingerprint density at radius 3 is 2.83 bits per heavy atom. The van der Waals surface area contributed by atoms with Gasteiger partial charge in [0.2, 0.25) is 5.91 Å². The summed E-state index contributed by atoms with van der Waals surface area (Å²) in [5, 5.41) is 3.64. The minimum Gasteiger partial charge on any atom is -0.471 e. The predicted molar refractivity (Wildman–Crippen MR) is 122 cm³/mol. The van der Waals surface area contributed by atoms with Crippen molar-refractivity contribution in [3.63, 3.8) is 0 Å². The second-order valence-electron chi connectivity index (χ2n) is 8.04. The lowest BCUT2D eigenvalue weighted by molar-refractivity contribution is -0.126. The Hall–Kier alpha value is -4.35. The smallest absolute Gasteiger partial charge is 0.414 e. The average Bonchev–Trinajstić information content (AvgIpc) is 3.64. The number of aromatic nitrogens is 3. The van der Waals surface area contributed by atoms with E-state index in [4.69, 9.17) is 14.0 Å². The molecule has 2 fully saturated rings. The van der Waals surface area contributed by atoms with Gasteiger partial charge in [0.15, 0.2) is 6.10 Å². The largest absolute Gasteiger partial charge is 0.471 e. The van der Waals surface area contributed by atoms with E-state index in [0.29, 0.717) is 49.1 Å². The van der Waals surface area contributed by atoms with Gasteiger partial charge in [-0.1, -0.05) is 0 Å². The second-order valence-corrected chi connectivity index (χ2v) is 8.04. The van der Waals surface area contributed by atoms with Crippen LogP contribution in [-0.4, -0.2) is 77.5 Å². The van der Waals surface area contributed by atoms with Crippen LogP contribution in [0.3, 0.4) is 0 Å². The molecule has 2 aliphatic heterocycles. The van der Waals surface area contributed by atoms with Crippen molar-refractivity contribution in [2.75, 3.05) is 49.1 Å². The molecule has 5 rings (SSSR count). The molecule has 1 atom stereocenters. The number of carbonyl (C=O) groups excluding carboxylic acids is 2. The molecule has 1 N–H and O–H groups in total. The maximum absolute atomic E-state index is 15.0. The Labute approximate surface area is 199 Å². The summed E-state index contributed by atoms with van der Waals surface area (Å²) in [5.74, 6) is -0.265. The summed E-state index contributed by atoms with van der Waals surface area (Å²) in [4.78, 5) is 36.6. The summed E-state index contributed by atoms with van der Waals surface area (Å²) in [6, 6.07) is 6.20. The highest BCUT2D eigenvalue weighted by Gasteiger charge is 2.33. The van der Waals surface area contributed by atoms with Crippen LogP contribution in [0, 0.1) is 5.82 Å². The lowest BCUT2D eigenvalue weighted by atomic mass is 10.2. The van der Waals surface area contributed by atoms with Crippen molar-refractivity contribution in [2.45, 2.75) is 6.10 Å². The van der Waals surface area contributed by atoms with E-state index >= 15 is 4.39 Å². The Morgan fingerprint density at radius 1 is 1.26 bits per heavy atom.